The number of carbonyl (C=O) groups excluding carboxylic acids is 2. The standard InChI is InChI=1S/C20H20ClN5O2/c21-17-5-3-16(4-6-17)20(28)23-10-1-2-19(27)24-18-9-13-26(25-18)14-15-7-11-22-12-8-15/h3-9,11-13H,1-2,10,14H2,(H,23,28)(H,24,25,27). The van der Waals surface area contributed by atoms with Crippen LogP contribution in [0.2, 0.25) is 5.02 Å². The third-order valence-corrected chi connectivity index (χ3v) is 4.23. The molecule has 0 radical (unpaired) electrons. The Bertz CT molecular complexity index is 925. The predicted molar refractivity (Wildman–Crippen MR) is 107 cm³/mol. The van der Waals surface area contributed by atoms with E-state index in [4.69, 9.17) is 11.6 Å². The van der Waals surface area contributed by atoms with Crippen molar-refractivity contribution in [2.45, 2.75) is 19.4 Å². The highest BCUT2D eigenvalue weighted by Crippen LogP contribution is 2.09. The van der Waals surface area contributed by atoms with Gasteiger partial charge in [-0.05, 0) is 48.4 Å². The molecule has 0 aliphatic carbocycles. The van der Waals surface area contributed by atoms with Gasteiger partial charge in [-0.2, -0.15) is 5.10 Å². The number of pyridine rings is 1. The van der Waals surface area contributed by atoms with E-state index in [1.807, 2.05) is 18.3 Å². The van der Waals surface area contributed by atoms with Crippen molar-refractivity contribution in [2.75, 3.05) is 11.9 Å². The fraction of sp³-hybridized carbons (Fsp3) is 0.200. The Balaban J connectivity index is 1.37. The molecule has 2 amide bonds. The van der Waals surface area contributed by atoms with Gasteiger partial charge in [0, 0.05) is 48.2 Å². The molecule has 2 aromatic heterocycles. The van der Waals surface area contributed by atoms with E-state index >= 15 is 0 Å². The summed E-state index contributed by atoms with van der Waals surface area (Å²) >= 11 is 5.80. The van der Waals surface area contributed by atoms with Gasteiger partial charge < -0.3 is 10.6 Å². The maximum Gasteiger partial charge on any atom is 0.251 e. The number of nitrogens with zero attached hydrogens (tertiary/aromatic N) is 3. The monoisotopic (exact) mass is 397 g/mol. The minimum Gasteiger partial charge on any atom is -0.352 e. The first-order valence-electron chi connectivity index (χ1n) is 8.86. The topological polar surface area (TPSA) is 88.9 Å². The molecule has 3 rings (SSSR count). The van der Waals surface area contributed by atoms with Crippen LogP contribution in [-0.4, -0.2) is 33.1 Å². The lowest BCUT2D eigenvalue weighted by atomic mass is 10.2. The van der Waals surface area contributed by atoms with Gasteiger partial charge in [-0.15, -0.1) is 0 Å². The first kappa shape index (κ1) is 19.6. The van der Waals surface area contributed by atoms with Crippen LogP contribution in [0.3, 0.4) is 0 Å². The van der Waals surface area contributed by atoms with Gasteiger partial charge in [0.25, 0.3) is 5.91 Å². The zero-order chi connectivity index (χ0) is 19.8. The summed E-state index contributed by atoms with van der Waals surface area (Å²) in [6.07, 6.45) is 6.09. The molecule has 0 bridgehead atoms. The summed E-state index contributed by atoms with van der Waals surface area (Å²) in [5.41, 5.74) is 1.61. The first-order valence-corrected chi connectivity index (χ1v) is 9.24. The SMILES string of the molecule is O=C(CCCNC(=O)c1ccc(Cl)cc1)Nc1ccn(Cc2ccncc2)n1. The highest BCUT2D eigenvalue weighted by atomic mass is 35.5. The van der Waals surface area contributed by atoms with Crippen molar-refractivity contribution in [1.29, 1.82) is 0 Å². The molecular formula is C20H20ClN5O2. The van der Waals surface area contributed by atoms with E-state index in [9.17, 15) is 9.59 Å². The van der Waals surface area contributed by atoms with Crippen LogP contribution < -0.4 is 10.6 Å². The van der Waals surface area contributed by atoms with Crippen molar-refractivity contribution >= 4 is 29.2 Å². The van der Waals surface area contributed by atoms with Crippen LogP contribution in [-0.2, 0) is 11.3 Å². The van der Waals surface area contributed by atoms with Crippen molar-refractivity contribution in [2.24, 2.45) is 0 Å². The molecule has 0 aliphatic rings. The predicted octanol–water partition coefficient (Wildman–Crippen LogP) is 3.13. The normalized spacial score (nSPS) is 10.5. The quantitative estimate of drug-likeness (QED) is 0.571. The molecule has 144 valence electrons. The van der Waals surface area contributed by atoms with Crippen molar-refractivity contribution in [3.8, 4) is 0 Å². The number of hydrogen-bond donors (Lipinski definition) is 2. The molecule has 8 heteroatoms. The largest absolute Gasteiger partial charge is 0.352 e. The van der Waals surface area contributed by atoms with E-state index in [0.717, 1.165) is 5.56 Å². The molecule has 0 saturated carbocycles. The molecule has 1 aromatic carbocycles. The number of anilines is 1. The fourth-order valence-electron chi connectivity index (χ4n) is 2.55. The molecule has 0 aliphatic heterocycles. The summed E-state index contributed by atoms with van der Waals surface area (Å²) in [4.78, 5) is 28.0. The van der Waals surface area contributed by atoms with Gasteiger partial charge in [0.2, 0.25) is 5.91 Å². The number of carbonyl (C=O) groups is 2. The Morgan fingerprint density at radius 1 is 1.04 bits per heavy atom. The first-order chi connectivity index (χ1) is 13.6. The van der Waals surface area contributed by atoms with Crippen LogP contribution in [0.5, 0.6) is 0 Å². The summed E-state index contributed by atoms with van der Waals surface area (Å²) in [6, 6.07) is 12.2. The van der Waals surface area contributed by atoms with Gasteiger partial charge in [0.1, 0.15) is 0 Å². The number of amides is 2. The van der Waals surface area contributed by atoms with Gasteiger partial charge in [0.15, 0.2) is 5.82 Å². The van der Waals surface area contributed by atoms with Crippen LogP contribution in [0.15, 0.2) is 61.1 Å². The number of nitrogens with one attached hydrogen (secondary N) is 2. The molecule has 0 saturated heterocycles. The Morgan fingerprint density at radius 2 is 1.79 bits per heavy atom. The van der Waals surface area contributed by atoms with Crippen LogP contribution >= 0.6 is 11.6 Å². The van der Waals surface area contributed by atoms with Crippen molar-refractivity contribution in [3.63, 3.8) is 0 Å². The lowest BCUT2D eigenvalue weighted by Gasteiger charge is -2.06. The second kappa shape index (κ2) is 9.66. The lowest BCUT2D eigenvalue weighted by molar-refractivity contribution is -0.116. The summed E-state index contributed by atoms with van der Waals surface area (Å²) in [7, 11) is 0. The highest BCUT2D eigenvalue weighted by molar-refractivity contribution is 6.30. The third-order valence-electron chi connectivity index (χ3n) is 3.97. The number of hydrogen-bond acceptors (Lipinski definition) is 4. The number of halogens is 1. The highest BCUT2D eigenvalue weighted by Gasteiger charge is 2.07. The van der Waals surface area contributed by atoms with Crippen LogP contribution in [0.25, 0.3) is 0 Å². The second-order valence-electron chi connectivity index (χ2n) is 6.17. The van der Waals surface area contributed by atoms with Crippen LogP contribution in [0.4, 0.5) is 5.82 Å². The molecule has 3 aromatic rings. The van der Waals surface area contributed by atoms with Gasteiger partial charge in [-0.25, -0.2) is 0 Å². The van der Waals surface area contributed by atoms with Gasteiger partial charge >= 0.3 is 0 Å². The van der Waals surface area contributed by atoms with E-state index in [0.29, 0.717) is 35.9 Å². The summed E-state index contributed by atoms with van der Waals surface area (Å²) in [5, 5.41) is 10.5. The molecule has 2 N–H and O–H groups in total. The molecule has 0 unspecified atom stereocenters. The zero-order valence-electron chi connectivity index (χ0n) is 15.1. The Morgan fingerprint density at radius 3 is 2.54 bits per heavy atom. The Kier molecular flexibility index (Phi) is 6.75. The molecule has 28 heavy (non-hydrogen) atoms. The summed E-state index contributed by atoms with van der Waals surface area (Å²) in [5.74, 6) is 0.172. The summed E-state index contributed by atoms with van der Waals surface area (Å²) in [6.45, 7) is 1.01. The van der Waals surface area contributed by atoms with E-state index in [1.54, 1.807) is 47.4 Å². The minimum atomic E-state index is -0.188. The molecule has 0 atom stereocenters. The molecular weight excluding hydrogens is 378 g/mol. The summed E-state index contributed by atoms with van der Waals surface area (Å²) < 4.78 is 1.75. The zero-order valence-corrected chi connectivity index (χ0v) is 15.9. The van der Waals surface area contributed by atoms with Crippen LogP contribution in [0, 0.1) is 0 Å². The number of benzene rings is 1. The van der Waals surface area contributed by atoms with Crippen LogP contribution in [0.1, 0.15) is 28.8 Å². The maximum atomic E-state index is 12.0. The Hall–Kier alpha value is -3.19. The van der Waals surface area contributed by atoms with Crippen molar-refractivity contribution in [3.05, 3.63) is 77.2 Å². The third kappa shape index (κ3) is 5.92. The van der Waals surface area contributed by atoms with Gasteiger partial charge in [-0.1, -0.05) is 11.6 Å². The van der Waals surface area contributed by atoms with Gasteiger partial charge in [-0.3, -0.25) is 19.3 Å². The lowest BCUT2D eigenvalue weighted by Crippen LogP contribution is -2.25. The Labute approximate surface area is 167 Å². The molecule has 0 fully saturated rings. The fourth-order valence-corrected chi connectivity index (χ4v) is 2.68. The average molecular weight is 398 g/mol. The van der Waals surface area contributed by atoms with E-state index in [1.165, 1.54) is 0 Å². The van der Waals surface area contributed by atoms with Crippen molar-refractivity contribution < 1.29 is 9.59 Å². The molecule has 0 spiro atoms. The number of rotatable bonds is 8. The van der Waals surface area contributed by atoms with E-state index in [2.05, 4.69) is 20.7 Å². The molecule has 2 heterocycles. The smallest absolute Gasteiger partial charge is 0.251 e. The number of aromatic nitrogens is 3. The maximum absolute atomic E-state index is 12.0. The van der Waals surface area contributed by atoms with Crippen molar-refractivity contribution in [1.82, 2.24) is 20.1 Å². The van der Waals surface area contributed by atoms with E-state index < -0.39 is 0 Å². The van der Waals surface area contributed by atoms with E-state index in [-0.39, 0.29) is 18.2 Å². The second-order valence-corrected chi connectivity index (χ2v) is 6.60. The minimum absolute atomic E-state index is 0.144. The average Bonchev–Trinajstić information content (AvgIpc) is 3.13. The van der Waals surface area contributed by atoms with Gasteiger partial charge in [0.05, 0.1) is 6.54 Å². The molecule has 7 nitrogen and oxygen atoms in total.